The summed E-state index contributed by atoms with van der Waals surface area (Å²) in [5.41, 5.74) is -1.50. The third-order valence-corrected chi connectivity index (χ3v) is 3.26. The molecule has 0 aliphatic rings. The van der Waals surface area contributed by atoms with Crippen molar-refractivity contribution in [1.82, 2.24) is 5.32 Å². The molecule has 1 N–H and O–H groups in total. The summed E-state index contributed by atoms with van der Waals surface area (Å²) in [4.78, 5) is 34.7. The van der Waals surface area contributed by atoms with Crippen LogP contribution >= 0.6 is 0 Å². The summed E-state index contributed by atoms with van der Waals surface area (Å²) in [6, 6.07) is 2.31. The normalized spacial score (nSPS) is 12.7. The number of hydrogen-bond acceptors (Lipinski definition) is 7. The van der Waals surface area contributed by atoms with Crippen molar-refractivity contribution in [1.29, 1.82) is 0 Å². The number of nitrogens with one attached hydrogen (secondary N) is 1. The first-order chi connectivity index (χ1) is 13.2. The minimum Gasteiger partial charge on any atom is -0.490 e. The third kappa shape index (κ3) is 8.23. The molecule has 1 aromatic rings. The molecule has 1 atom stereocenters. The number of para-hydroxylation sites is 1. The lowest BCUT2D eigenvalue weighted by molar-refractivity contribution is -0.386. The van der Waals surface area contributed by atoms with Crippen LogP contribution in [0.1, 0.15) is 26.3 Å². The summed E-state index contributed by atoms with van der Waals surface area (Å²) in [5, 5.41) is 13.5. The Hall–Kier alpha value is -3.05. The molecule has 1 amide bonds. The van der Waals surface area contributed by atoms with Crippen molar-refractivity contribution >= 4 is 17.7 Å². The lowest BCUT2D eigenvalue weighted by Gasteiger charge is -2.23. The van der Waals surface area contributed by atoms with E-state index < -0.39 is 53.5 Å². The first-order valence-electron chi connectivity index (χ1n) is 8.26. The number of alkyl halides is 3. The summed E-state index contributed by atoms with van der Waals surface area (Å²) < 4.78 is 51.2. The second kappa shape index (κ2) is 9.43. The number of amides is 1. The maximum Gasteiger partial charge on any atom is 0.422 e. The van der Waals surface area contributed by atoms with Crippen molar-refractivity contribution < 1.29 is 41.9 Å². The molecule has 0 heterocycles. The van der Waals surface area contributed by atoms with E-state index in [4.69, 9.17) is 9.47 Å². The van der Waals surface area contributed by atoms with Gasteiger partial charge in [0.15, 0.2) is 12.4 Å². The van der Waals surface area contributed by atoms with Crippen molar-refractivity contribution in [3.63, 3.8) is 0 Å². The van der Waals surface area contributed by atoms with Gasteiger partial charge in [0.2, 0.25) is 0 Å². The highest BCUT2D eigenvalue weighted by Gasteiger charge is 2.34. The van der Waals surface area contributed by atoms with Gasteiger partial charge in [-0.3, -0.25) is 10.1 Å². The van der Waals surface area contributed by atoms with Crippen LogP contribution in [-0.2, 0) is 20.7 Å². The average Bonchev–Trinajstić information content (AvgIpc) is 2.56. The molecular weight excluding hydrogens is 401 g/mol. The lowest BCUT2D eigenvalue weighted by Crippen LogP contribution is -2.46. The van der Waals surface area contributed by atoms with Crippen LogP contribution in [0.3, 0.4) is 0 Å². The summed E-state index contributed by atoms with van der Waals surface area (Å²) >= 11 is 0. The van der Waals surface area contributed by atoms with E-state index >= 15 is 0 Å². The Bertz CT molecular complexity index is 760. The van der Waals surface area contributed by atoms with Crippen molar-refractivity contribution in [2.24, 2.45) is 0 Å². The van der Waals surface area contributed by atoms with Gasteiger partial charge in [-0.25, -0.2) is 9.59 Å². The van der Waals surface area contributed by atoms with Crippen LogP contribution in [0.15, 0.2) is 18.2 Å². The molecule has 0 aliphatic heterocycles. The van der Waals surface area contributed by atoms with E-state index in [0.29, 0.717) is 0 Å². The summed E-state index contributed by atoms with van der Waals surface area (Å²) in [6.07, 6.45) is -6.41. The van der Waals surface area contributed by atoms with E-state index in [2.05, 4.69) is 10.1 Å². The number of benzene rings is 1. The van der Waals surface area contributed by atoms with Gasteiger partial charge in [0.05, 0.1) is 12.0 Å². The summed E-state index contributed by atoms with van der Waals surface area (Å²) in [6.45, 7) is 2.74. The zero-order valence-electron chi connectivity index (χ0n) is 16.2. The van der Waals surface area contributed by atoms with E-state index in [1.807, 2.05) is 0 Å². The molecule has 0 saturated heterocycles. The molecule has 12 heteroatoms. The number of esters is 1. The average molecular weight is 422 g/mol. The predicted octanol–water partition coefficient (Wildman–Crippen LogP) is 3.14. The number of alkyl carbamates (subject to hydrolysis) is 1. The number of carbonyl (C=O) groups excluding carboxylic acids is 2. The van der Waals surface area contributed by atoms with E-state index in [-0.39, 0.29) is 11.3 Å². The molecule has 0 bridgehead atoms. The van der Waals surface area contributed by atoms with Gasteiger partial charge in [-0.2, -0.15) is 13.2 Å². The highest BCUT2D eigenvalue weighted by Crippen LogP contribution is 2.31. The second-order valence-electron chi connectivity index (χ2n) is 6.85. The van der Waals surface area contributed by atoms with E-state index in [1.54, 1.807) is 0 Å². The molecular formula is C17H21F3N2O7. The zero-order valence-corrected chi connectivity index (χ0v) is 16.2. The topological polar surface area (TPSA) is 117 Å². The molecule has 0 spiro atoms. The van der Waals surface area contributed by atoms with Crippen molar-refractivity contribution in [3.05, 3.63) is 33.9 Å². The van der Waals surface area contributed by atoms with Crippen molar-refractivity contribution in [2.75, 3.05) is 13.7 Å². The quantitative estimate of drug-likeness (QED) is 0.407. The minimum atomic E-state index is -4.78. The van der Waals surface area contributed by atoms with E-state index in [0.717, 1.165) is 0 Å². The molecule has 1 aromatic carbocycles. The standard InChI is InChI=1S/C17H21F3N2O7/c1-16(2,3)29-15(24)21-11(14(23)28-9-17(18,19)20)8-10-6-5-7-12(27-4)13(10)22(25)26/h5-7,11H,8-9H2,1-4H3,(H,21,24)/t11-/m0/s1. The monoisotopic (exact) mass is 422 g/mol. The molecule has 1 rings (SSSR count). The number of nitrogens with zero attached hydrogens (tertiary/aromatic N) is 1. The Morgan fingerprint density at radius 2 is 1.86 bits per heavy atom. The molecule has 0 unspecified atom stereocenters. The Kier molecular flexibility index (Phi) is 7.80. The van der Waals surface area contributed by atoms with Crippen LogP contribution in [0.25, 0.3) is 0 Å². The fraction of sp³-hybridized carbons (Fsp3) is 0.529. The van der Waals surface area contributed by atoms with Gasteiger partial charge < -0.3 is 19.5 Å². The van der Waals surface area contributed by atoms with Crippen molar-refractivity contribution in [2.45, 2.75) is 45.0 Å². The van der Waals surface area contributed by atoms with Crippen LogP contribution in [0.4, 0.5) is 23.7 Å². The second-order valence-corrected chi connectivity index (χ2v) is 6.85. The number of nitro benzene ring substituents is 1. The van der Waals surface area contributed by atoms with Gasteiger partial charge in [-0.15, -0.1) is 0 Å². The highest BCUT2D eigenvalue weighted by atomic mass is 19.4. The van der Waals surface area contributed by atoms with Crippen LogP contribution in [-0.4, -0.2) is 48.5 Å². The fourth-order valence-corrected chi connectivity index (χ4v) is 2.22. The number of carbonyl (C=O) groups is 2. The number of methoxy groups -OCH3 is 1. The molecule has 162 valence electrons. The Balaban J connectivity index is 3.16. The predicted molar refractivity (Wildman–Crippen MR) is 93.5 cm³/mol. The Morgan fingerprint density at radius 3 is 2.34 bits per heavy atom. The van der Waals surface area contributed by atoms with Crippen molar-refractivity contribution in [3.8, 4) is 5.75 Å². The van der Waals surface area contributed by atoms with Gasteiger partial charge >= 0.3 is 23.9 Å². The number of nitro groups is 1. The molecule has 0 radical (unpaired) electrons. The smallest absolute Gasteiger partial charge is 0.422 e. The van der Waals surface area contributed by atoms with Crippen LogP contribution in [0.2, 0.25) is 0 Å². The Morgan fingerprint density at radius 1 is 1.24 bits per heavy atom. The van der Waals surface area contributed by atoms with Gasteiger partial charge in [0, 0.05) is 12.0 Å². The van der Waals surface area contributed by atoms with Crippen LogP contribution in [0, 0.1) is 10.1 Å². The SMILES string of the molecule is COc1cccc(C[C@H](NC(=O)OC(C)(C)C)C(=O)OCC(F)(F)F)c1[N+](=O)[O-]. The largest absolute Gasteiger partial charge is 0.490 e. The lowest BCUT2D eigenvalue weighted by atomic mass is 10.0. The maximum absolute atomic E-state index is 12.4. The highest BCUT2D eigenvalue weighted by molar-refractivity contribution is 5.82. The fourth-order valence-electron chi connectivity index (χ4n) is 2.22. The molecule has 0 saturated carbocycles. The minimum absolute atomic E-state index is 0.0561. The van der Waals surface area contributed by atoms with Gasteiger partial charge in [-0.1, -0.05) is 12.1 Å². The first kappa shape index (κ1) is 24.0. The molecule has 9 nitrogen and oxygen atoms in total. The number of rotatable bonds is 7. The molecule has 0 aromatic heterocycles. The van der Waals surface area contributed by atoms with Crippen LogP contribution < -0.4 is 10.1 Å². The number of hydrogen-bond donors (Lipinski definition) is 1. The van der Waals surface area contributed by atoms with E-state index in [1.165, 1.54) is 46.1 Å². The van der Waals surface area contributed by atoms with Gasteiger partial charge in [-0.05, 0) is 26.8 Å². The molecule has 29 heavy (non-hydrogen) atoms. The number of halogens is 3. The third-order valence-electron chi connectivity index (χ3n) is 3.26. The van der Waals surface area contributed by atoms with E-state index in [9.17, 15) is 32.9 Å². The Labute approximate surface area is 164 Å². The van der Waals surface area contributed by atoms with Gasteiger partial charge in [0.25, 0.3) is 0 Å². The number of ether oxygens (including phenoxy) is 3. The summed E-state index contributed by atoms with van der Waals surface area (Å²) in [5.74, 6) is -1.54. The first-order valence-corrected chi connectivity index (χ1v) is 8.26. The molecule has 0 fully saturated rings. The summed E-state index contributed by atoms with van der Waals surface area (Å²) in [7, 11) is 1.19. The maximum atomic E-state index is 12.4. The van der Waals surface area contributed by atoms with Gasteiger partial charge in [0.1, 0.15) is 11.6 Å². The zero-order chi connectivity index (χ0) is 22.4. The molecule has 0 aliphatic carbocycles. The van der Waals surface area contributed by atoms with Crippen LogP contribution in [0.5, 0.6) is 5.75 Å².